The molecule has 1 heterocycles. The molecule has 2 rings (SSSR count). The van der Waals surface area contributed by atoms with Crippen LogP contribution in [-0.2, 0) is 18.5 Å². The van der Waals surface area contributed by atoms with Crippen molar-refractivity contribution in [1.29, 1.82) is 0 Å². The van der Waals surface area contributed by atoms with Crippen LogP contribution in [0.5, 0.6) is 11.5 Å². The first-order valence-corrected chi connectivity index (χ1v) is 8.18. The van der Waals surface area contributed by atoms with Crippen LogP contribution in [0.2, 0.25) is 5.02 Å². The Morgan fingerprint density at radius 2 is 2.14 bits per heavy atom. The molecule has 0 N–H and O–H groups in total. The second-order valence-electron chi connectivity index (χ2n) is 4.53. The Bertz CT molecular complexity index is 606. The predicted molar refractivity (Wildman–Crippen MR) is 87.6 cm³/mol. The molecule has 0 saturated heterocycles. The second kappa shape index (κ2) is 7.18. The Labute approximate surface area is 138 Å². The van der Waals surface area contributed by atoms with E-state index in [9.17, 15) is 0 Å². The summed E-state index contributed by atoms with van der Waals surface area (Å²) in [7, 11) is 1.63. The lowest BCUT2D eigenvalue weighted by Gasteiger charge is -2.14. The monoisotopic (exact) mass is 372 g/mol. The van der Waals surface area contributed by atoms with Gasteiger partial charge in [-0.2, -0.15) is 5.10 Å². The summed E-state index contributed by atoms with van der Waals surface area (Å²) in [4.78, 5) is 0. The smallest absolute Gasteiger partial charge is 0.165 e. The van der Waals surface area contributed by atoms with E-state index in [2.05, 4.69) is 21.0 Å². The summed E-state index contributed by atoms with van der Waals surface area (Å²) >= 11 is 9.77. The number of methoxy groups -OCH3 is 1. The van der Waals surface area contributed by atoms with Gasteiger partial charge in [-0.3, -0.25) is 4.68 Å². The van der Waals surface area contributed by atoms with Crippen LogP contribution in [0.1, 0.15) is 23.9 Å². The number of nitrogens with zero attached hydrogens (tertiary/aromatic N) is 2. The van der Waals surface area contributed by atoms with Gasteiger partial charge >= 0.3 is 0 Å². The fourth-order valence-electron chi connectivity index (χ4n) is 2.14. The molecule has 114 valence electrons. The van der Waals surface area contributed by atoms with Gasteiger partial charge in [0, 0.05) is 17.4 Å². The van der Waals surface area contributed by atoms with E-state index >= 15 is 0 Å². The van der Waals surface area contributed by atoms with Gasteiger partial charge in [-0.15, -0.1) is 0 Å². The number of aromatic nitrogens is 2. The minimum Gasteiger partial charge on any atom is -0.493 e. The highest BCUT2D eigenvalue weighted by molar-refractivity contribution is 9.08. The van der Waals surface area contributed by atoms with Gasteiger partial charge in [0.15, 0.2) is 11.5 Å². The first kappa shape index (κ1) is 16.2. The van der Waals surface area contributed by atoms with Crippen LogP contribution in [0.4, 0.5) is 0 Å². The molecule has 21 heavy (non-hydrogen) atoms. The second-order valence-corrected chi connectivity index (χ2v) is 5.47. The lowest BCUT2D eigenvalue weighted by molar-refractivity contribution is 0.272. The number of ether oxygens (including phenoxy) is 2. The van der Waals surface area contributed by atoms with Gasteiger partial charge in [0.2, 0.25) is 0 Å². The Hall–Kier alpha value is -1.20. The third kappa shape index (κ3) is 3.35. The highest BCUT2D eigenvalue weighted by Crippen LogP contribution is 2.33. The molecule has 0 amide bonds. The van der Waals surface area contributed by atoms with Crippen LogP contribution in [0, 0.1) is 6.92 Å². The highest BCUT2D eigenvalue weighted by Gasteiger charge is 2.15. The molecule has 2 aromatic rings. The number of para-hydroxylation sites is 1. The predicted octanol–water partition coefficient (Wildman–Crippen LogP) is 4.35. The Balaban J connectivity index is 2.28. The topological polar surface area (TPSA) is 36.3 Å². The summed E-state index contributed by atoms with van der Waals surface area (Å²) in [6.45, 7) is 5.03. The Kier molecular flexibility index (Phi) is 5.53. The molecule has 0 unspecified atom stereocenters. The normalized spacial score (nSPS) is 10.7. The molecule has 0 atom stereocenters. The summed E-state index contributed by atoms with van der Waals surface area (Å²) in [6, 6.07) is 5.82. The van der Waals surface area contributed by atoms with E-state index in [1.54, 1.807) is 7.11 Å². The van der Waals surface area contributed by atoms with Crippen LogP contribution < -0.4 is 9.47 Å². The Morgan fingerprint density at radius 3 is 2.76 bits per heavy atom. The summed E-state index contributed by atoms with van der Waals surface area (Å²) in [6.07, 6.45) is 0. The summed E-state index contributed by atoms with van der Waals surface area (Å²) in [5.74, 6) is 1.44. The van der Waals surface area contributed by atoms with Crippen molar-refractivity contribution in [3.05, 3.63) is 40.2 Å². The molecule has 0 spiro atoms. The molecule has 0 aliphatic rings. The average Bonchev–Trinajstić information content (AvgIpc) is 2.79. The standard InChI is InChI=1S/C15H18BrClN2O2/c1-4-19-12(14(17)10(2)18-19)9-21-15-11(8-16)6-5-7-13(15)20-3/h5-7H,4,8-9H2,1-3H3. The minimum atomic E-state index is 0.355. The van der Waals surface area contributed by atoms with Gasteiger partial charge < -0.3 is 9.47 Å². The summed E-state index contributed by atoms with van der Waals surface area (Å²) in [5.41, 5.74) is 2.73. The molecule has 0 aliphatic heterocycles. The Morgan fingerprint density at radius 1 is 1.38 bits per heavy atom. The van der Waals surface area contributed by atoms with Crippen LogP contribution in [0.15, 0.2) is 18.2 Å². The maximum atomic E-state index is 6.30. The van der Waals surface area contributed by atoms with Crippen LogP contribution in [-0.4, -0.2) is 16.9 Å². The molecular weight excluding hydrogens is 356 g/mol. The molecule has 0 saturated carbocycles. The zero-order valence-corrected chi connectivity index (χ0v) is 14.7. The van der Waals surface area contributed by atoms with Crippen molar-refractivity contribution in [2.24, 2.45) is 0 Å². The van der Waals surface area contributed by atoms with Gasteiger partial charge in [-0.05, 0) is 19.9 Å². The van der Waals surface area contributed by atoms with E-state index in [1.807, 2.05) is 36.7 Å². The first-order chi connectivity index (χ1) is 10.1. The maximum Gasteiger partial charge on any atom is 0.165 e. The number of halogens is 2. The van der Waals surface area contributed by atoms with E-state index in [0.717, 1.165) is 29.2 Å². The molecule has 1 aromatic heterocycles. The van der Waals surface area contributed by atoms with Crippen molar-refractivity contribution in [3.8, 4) is 11.5 Å². The first-order valence-electron chi connectivity index (χ1n) is 6.68. The average molecular weight is 374 g/mol. The minimum absolute atomic E-state index is 0.355. The number of hydrogen-bond acceptors (Lipinski definition) is 3. The quantitative estimate of drug-likeness (QED) is 0.706. The maximum absolute atomic E-state index is 6.30. The van der Waals surface area contributed by atoms with Gasteiger partial charge in [0.1, 0.15) is 6.61 Å². The molecular formula is C15H18BrClN2O2. The van der Waals surface area contributed by atoms with Crippen LogP contribution >= 0.6 is 27.5 Å². The summed E-state index contributed by atoms with van der Waals surface area (Å²) in [5, 5.41) is 5.74. The SMILES string of the molecule is CCn1nc(C)c(Cl)c1COc1c(CBr)cccc1OC. The van der Waals surface area contributed by atoms with E-state index in [4.69, 9.17) is 21.1 Å². The number of rotatable bonds is 6. The van der Waals surface area contributed by atoms with Crippen molar-refractivity contribution in [2.75, 3.05) is 7.11 Å². The fraction of sp³-hybridized carbons (Fsp3) is 0.400. The van der Waals surface area contributed by atoms with Gasteiger partial charge in [-0.25, -0.2) is 0 Å². The largest absolute Gasteiger partial charge is 0.493 e. The molecule has 1 aromatic carbocycles. The molecule has 0 fully saturated rings. The van der Waals surface area contributed by atoms with Crippen LogP contribution in [0.3, 0.4) is 0 Å². The van der Waals surface area contributed by atoms with Crippen LogP contribution in [0.25, 0.3) is 0 Å². The van der Waals surface area contributed by atoms with Crippen molar-refractivity contribution in [3.63, 3.8) is 0 Å². The molecule has 4 nitrogen and oxygen atoms in total. The molecule has 0 aliphatic carbocycles. The van der Waals surface area contributed by atoms with E-state index in [0.29, 0.717) is 22.7 Å². The van der Waals surface area contributed by atoms with Crippen molar-refractivity contribution in [2.45, 2.75) is 32.3 Å². The number of alkyl halides is 1. The molecule has 0 radical (unpaired) electrons. The summed E-state index contributed by atoms with van der Waals surface area (Å²) < 4.78 is 13.2. The van der Waals surface area contributed by atoms with E-state index < -0.39 is 0 Å². The van der Waals surface area contributed by atoms with Gasteiger partial charge in [-0.1, -0.05) is 39.7 Å². The van der Waals surface area contributed by atoms with E-state index in [1.165, 1.54) is 0 Å². The molecule has 0 bridgehead atoms. The number of hydrogen-bond donors (Lipinski definition) is 0. The highest BCUT2D eigenvalue weighted by atomic mass is 79.9. The lowest BCUT2D eigenvalue weighted by Crippen LogP contribution is -2.08. The third-order valence-electron chi connectivity index (χ3n) is 3.23. The number of benzene rings is 1. The van der Waals surface area contributed by atoms with Crippen molar-refractivity contribution < 1.29 is 9.47 Å². The fourth-order valence-corrected chi connectivity index (χ4v) is 2.77. The van der Waals surface area contributed by atoms with E-state index in [-0.39, 0.29) is 0 Å². The lowest BCUT2D eigenvalue weighted by atomic mass is 10.2. The van der Waals surface area contributed by atoms with Crippen molar-refractivity contribution >= 4 is 27.5 Å². The molecule has 6 heteroatoms. The van der Waals surface area contributed by atoms with Gasteiger partial charge in [0.25, 0.3) is 0 Å². The zero-order valence-electron chi connectivity index (χ0n) is 12.3. The van der Waals surface area contributed by atoms with Crippen molar-refractivity contribution in [1.82, 2.24) is 9.78 Å². The third-order valence-corrected chi connectivity index (χ3v) is 4.33. The zero-order chi connectivity index (χ0) is 15.4. The van der Waals surface area contributed by atoms with Gasteiger partial charge in [0.05, 0.1) is 23.5 Å². The number of aryl methyl sites for hydroxylation is 2.